The van der Waals surface area contributed by atoms with Gasteiger partial charge < -0.3 is 9.47 Å². The molecule has 0 amide bonds. The molecule has 1 saturated heterocycles. The Morgan fingerprint density at radius 1 is 1.38 bits per heavy atom. The molecular formula is C13H14O3. The number of Topliss-reactive ketones (excluding diaryl/α,β-unsaturated/α-hetero) is 1. The van der Waals surface area contributed by atoms with Crippen molar-refractivity contribution in [2.45, 2.75) is 25.4 Å². The Bertz CT molecular complexity index is 444. The second kappa shape index (κ2) is 3.32. The highest BCUT2D eigenvalue weighted by atomic mass is 16.6. The van der Waals surface area contributed by atoms with Gasteiger partial charge in [-0.15, -0.1) is 0 Å². The molecule has 3 nitrogen and oxygen atoms in total. The van der Waals surface area contributed by atoms with Crippen molar-refractivity contribution in [2.75, 3.05) is 13.2 Å². The van der Waals surface area contributed by atoms with E-state index in [4.69, 9.17) is 9.47 Å². The monoisotopic (exact) mass is 218 g/mol. The molecule has 0 unspecified atom stereocenters. The van der Waals surface area contributed by atoms with Gasteiger partial charge in [-0.3, -0.25) is 4.79 Å². The van der Waals surface area contributed by atoms with Gasteiger partial charge in [0, 0.05) is 6.42 Å². The fourth-order valence-corrected chi connectivity index (χ4v) is 2.41. The first kappa shape index (κ1) is 9.85. The van der Waals surface area contributed by atoms with Crippen LogP contribution >= 0.6 is 0 Å². The number of hydrogen-bond acceptors (Lipinski definition) is 3. The molecule has 0 bridgehead atoms. The normalized spacial score (nSPS) is 27.9. The van der Waals surface area contributed by atoms with Crippen molar-refractivity contribution >= 4 is 5.78 Å². The average molecular weight is 218 g/mol. The van der Waals surface area contributed by atoms with E-state index < -0.39 is 5.60 Å². The number of hydrogen-bond donors (Lipinski definition) is 0. The lowest BCUT2D eigenvalue weighted by Crippen LogP contribution is -2.42. The van der Waals surface area contributed by atoms with Crippen LogP contribution in [-0.4, -0.2) is 24.6 Å². The SMILES string of the molecule is Cc1ccc2c(c1)O[C@@]1(CCOC1)CC2=O. The third-order valence-electron chi connectivity index (χ3n) is 3.31. The molecule has 16 heavy (non-hydrogen) atoms. The predicted octanol–water partition coefficient (Wildman–Crippen LogP) is 2.12. The summed E-state index contributed by atoms with van der Waals surface area (Å²) >= 11 is 0. The molecule has 3 heteroatoms. The van der Waals surface area contributed by atoms with Crippen LogP contribution in [0.25, 0.3) is 0 Å². The molecule has 0 aromatic heterocycles. The van der Waals surface area contributed by atoms with Crippen LogP contribution < -0.4 is 4.74 Å². The number of carbonyl (C=O) groups is 1. The molecule has 1 atom stereocenters. The lowest BCUT2D eigenvalue weighted by molar-refractivity contribution is 0.0305. The van der Waals surface area contributed by atoms with Gasteiger partial charge >= 0.3 is 0 Å². The molecule has 0 N–H and O–H groups in total. The molecule has 1 aromatic rings. The minimum Gasteiger partial charge on any atom is -0.484 e. The highest BCUT2D eigenvalue weighted by Crippen LogP contribution is 2.38. The topological polar surface area (TPSA) is 35.5 Å². The molecule has 84 valence electrons. The van der Waals surface area contributed by atoms with E-state index in [1.54, 1.807) is 0 Å². The van der Waals surface area contributed by atoms with Crippen LogP contribution in [0.4, 0.5) is 0 Å². The fraction of sp³-hybridized carbons (Fsp3) is 0.462. The van der Waals surface area contributed by atoms with Gasteiger partial charge in [-0.2, -0.15) is 0 Å². The standard InChI is InChI=1S/C13H14O3/c1-9-2-3-10-11(14)7-13(4-5-15-8-13)16-12(10)6-9/h2-3,6H,4-5,7-8H2,1H3/t13-/m0/s1. The Hall–Kier alpha value is -1.35. The van der Waals surface area contributed by atoms with Gasteiger partial charge in [-0.05, 0) is 24.6 Å². The summed E-state index contributed by atoms with van der Waals surface area (Å²) in [4.78, 5) is 12.0. The third kappa shape index (κ3) is 1.43. The largest absolute Gasteiger partial charge is 0.484 e. The van der Waals surface area contributed by atoms with E-state index in [2.05, 4.69) is 0 Å². The van der Waals surface area contributed by atoms with E-state index in [-0.39, 0.29) is 5.78 Å². The minimum atomic E-state index is -0.391. The zero-order valence-corrected chi connectivity index (χ0v) is 9.29. The van der Waals surface area contributed by atoms with Crippen LogP contribution in [0.3, 0.4) is 0 Å². The number of ether oxygens (including phenoxy) is 2. The fourth-order valence-electron chi connectivity index (χ4n) is 2.41. The zero-order valence-electron chi connectivity index (χ0n) is 9.29. The molecule has 1 aromatic carbocycles. The lowest BCUT2D eigenvalue weighted by Gasteiger charge is -2.33. The van der Waals surface area contributed by atoms with Gasteiger partial charge in [-0.25, -0.2) is 0 Å². The second-order valence-corrected chi connectivity index (χ2v) is 4.69. The maximum absolute atomic E-state index is 12.0. The van der Waals surface area contributed by atoms with E-state index in [0.29, 0.717) is 25.2 Å². The summed E-state index contributed by atoms with van der Waals surface area (Å²) in [7, 11) is 0. The minimum absolute atomic E-state index is 0.173. The first-order valence-electron chi connectivity index (χ1n) is 5.59. The van der Waals surface area contributed by atoms with Gasteiger partial charge in [0.1, 0.15) is 11.4 Å². The molecular weight excluding hydrogens is 204 g/mol. The van der Waals surface area contributed by atoms with Crippen molar-refractivity contribution in [3.8, 4) is 5.75 Å². The van der Waals surface area contributed by atoms with Gasteiger partial charge in [0.05, 0.1) is 25.2 Å². The number of benzene rings is 1. The Morgan fingerprint density at radius 3 is 3.00 bits per heavy atom. The third-order valence-corrected chi connectivity index (χ3v) is 3.31. The molecule has 0 radical (unpaired) electrons. The Morgan fingerprint density at radius 2 is 2.25 bits per heavy atom. The number of aryl methyl sites for hydroxylation is 1. The smallest absolute Gasteiger partial charge is 0.170 e. The lowest BCUT2D eigenvalue weighted by atomic mass is 9.89. The van der Waals surface area contributed by atoms with Crippen LogP contribution in [-0.2, 0) is 4.74 Å². The number of carbonyl (C=O) groups excluding carboxylic acids is 1. The van der Waals surface area contributed by atoms with Crippen molar-refractivity contribution < 1.29 is 14.3 Å². The molecule has 0 aliphatic carbocycles. The summed E-state index contributed by atoms with van der Waals surface area (Å²) < 4.78 is 11.3. The first-order valence-corrected chi connectivity index (χ1v) is 5.59. The molecule has 3 rings (SSSR count). The van der Waals surface area contributed by atoms with Gasteiger partial charge in [0.15, 0.2) is 5.78 Å². The van der Waals surface area contributed by atoms with Crippen molar-refractivity contribution in [3.63, 3.8) is 0 Å². The highest BCUT2D eigenvalue weighted by Gasteiger charge is 2.43. The molecule has 2 aliphatic rings. The molecule has 0 saturated carbocycles. The van der Waals surface area contributed by atoms with Gasteiger partial charge in [0.2, 0.25) is 0 Å². The Kier molecular flexibility index (Phi) is 2.04. The van der Waals surface area contributed by atoms with Crippen LogP contribution in [0.5, 0.6) is 5.75 Å². The summed E-state index contributed by atoms with van der Waals surface area (Å²) in [5.74, 6) is 0.897. The van der Waals surface area contributed by atoms with Crippen molar-refractivity contribution in [2.24, 2.45) is 0 Å². The Balaban J connectivity index is 2.03. The van der Waals surface area contributed by atoms with E-state index in [0.717, 1.165) is 17.7 Å². The van der Waals surface area contributed by atoms with Gasteiger partial charge in [-0.1, -0.05) is 6.07 Å². The average Bonchev–Trinajstić information content (AvgIpc) is 2.65. The van der Waals surface area contributed by atoms with Crippen LogP contribution in [0, 0.1) is 6.92 Å². The maximum Gasteiger partial charge on any atom is 0.170 e. The van der Waals surface area contributed by atoms with Crippen LogP contribution in [0.1, 0.15) is 28.8 Å². The zero-order chi connectivity index (χ0) is 11.2. The van der Waals surface area contributed by atoms with E-state index in [1.165, 1.54) is 0 Å². The first-order chi connectivity index (χ1) is 7.69. The summed E-state index contributed by atoms with van der Waals surface area (Å²) in [6, 6.07) is 5.74. The second-order valence-electron chi connectivity index (χ2n) is 4.69. The van der Waals surface area contributed by atoms with E-state index in [1.807, 2.05) is 25.1 Å². The van der Waals surface area contributed by atoms with Gasteiger partial charge in [0.25, 0.3) is 0 Å². The van der Waals surface area contributed by atoms with E-state index in [9.17, 15) is 4.79 Å². The molecule has 1 fully saturated rings. The molecule has 2 heterocycles. The maximum atomic E-state index is 12.0. The van der Waals surface area contributed by atoms with Crippen LogP contribution in [0.15, 0.2) is 18.2 Å². The summed E-state index contributed by atoms with van der Waals surface area (Å²) in [6.45, 7) is 3.22. The number of fused-ring (bicyclic) bond motifs is 1. The van der Waals surface area contributed by atoms with Crippen LogP contribution in [0.2, 0.25) is 0 Å². The molecule has 2 aliphatic heterocycles. The number of ketones is 1. The summed E-state index contributed by atoms with van der Waals surface area (Å²) in [6.07, 6.45) is 1.26. The number of rotatable bonds is 0. The quantitative estimate of drug-likeness (QED) is 0.669. The predicted molar refractivity (Wildman–Crippen MR) is 58.9 cm³/mol. The highest BCUT2D eigenvalue weighted by molar-refractivity contribution is 6.00. The van der Waals surface area contributed by atoms with Crippen molar-refractivity contribution in [1.82, 2.24) is 0 Å². The summed E-state index contributed by atoms with van der Waals surface area (Å²) in [5.41, 5.74) is 1.43. The van der Waals surface area contributed by atoms with Crippen molar-refractivity contribution in [3.05, 3.63) is 29.3 Å². The van der Waals surface area contributed by atoms with Crippen molar-refractivity contribution in [1.29, 1.82) is 0 Å². The van der Waals surface area contributed by atoms with E-state index >= 15 is 0 Å². The Labute approximate surface area is 94.4 Å². The summed E-state index contributed by atoms with van der Waals surface area (Å²) in [5, 5.41) is 0. The molecule has 1 spiro atoms.